The predicted octanol–water partition coefficient (Wildman–Crippen LogP) is 2.58. The molecule has 7 nitrogen and oxygen atoms in total. The molecule has 3 aliphatic heterocycles. The molecule has 32 heavy (non-hydrogen) atoms. The van der Waals surface area contributed by atoms with Gasteiger partial charge in [-0.1, -0.05) is 6.07 Å². The number of nitrogens with zero attached hydrogens (tertiary/aromatic N) is 2. The van der Waals surface area contributed by atoms with Crippen molar-refractivity contribution in [2.75, 3.05) is 43.4 Å². The largest absolute Gasteiger partial charge is 0.491 e. The lowest BCUT2D eigenvalue weighted by molar-refractivity contribution is 0.0920. The zero-order valence-electron chi connectivity index (χ0n) is 18.1. The minimum Gasteiger partial charge on any atom is -0.491 e. The molecule has 8 heteroatoms. The summed E-state index contributed by atoms with van der Waals surface area (Å²) < 4.78 is 6.08. The van der Waals surface area contributed by atoms with Crippen molar-refractivity contribution in [3.05, 3.63) is 46.5 Å². The maximum absolute atomic E-state index is 12.9. The number of pyridine rings is 1. The standard InChI is InChI=1S/C24H27N5O2S/c1-13-2-5-19-21(25)22(32-24(19)27-13)23(30)28-17-6-14-3-4-18(7-20(14)31-12-17)29-10-15-8-26-9-16(15)11-29/h2-5,7,15-17,26H,6,8-12,25H2,1H3,(H,28,30)/t15-,16?,17-/m1/s1. The molecule has 4 N–H and O–H groups in total. The van der Waals surface area contributed by atoms with Gasteiger partial charge in [-0.2, -0.15) is 0 Å². The van der Waals surface area contributed by atoms with E-state index in [1.807, 2.05) is 19.1 Å². The summed E-state index contributed by atoms with van der Waals surface area (Å²) in [5.41, 5.74) is 10.0. The number of benzene rings is 1. The summed E-state index contributed by atoms with van der Waals surface area (Å²) in [4.78, 5) is 21.2. The fourth-order valence-electron chi connectivity index (χ4n) is 5.23. The monoisotopic (exact) mass is 449 g/mol. The van der Waals surface area contributed by atoms with Crippen LogP contribution >= 0.6 is 11.3 Å². The number of thiophene rings is 1. The lowest BCUT2D eigenvalue weighted by atomic mass is 10.0. The van der Waals surface area contributed by atoms with Crippen LogP contribution < -0.4 is 26.0 Å². The molecule has 3 atom stereocenters. The van der Waals surface area contributed by atoms with Gasteiger partial charge in [0.25, 0.3) is 5.91 Å². The molecule has 1 aromatic carbocycles. The third-order valence-corrected chi connectivity index (χ3v) is 8.10. The summed E-state index contributed by atoms with van der Waals surface area (Å²) in [6, 6.07) is 10.3. The van der Waals surface area contributed by atoms with Gasteiger partial charge in [-0.15, -0.1) is 11.3 Å². The number of aryl methyl sites for hydroxylation is 1. The number of hydrogen-bond acceptors (Lipinski definition) is 7. The number of aromatic nitrogens is 1. The van der Waals surface area contributed by atoms with E-state index in [4.69, 9.17) is 10.5 Å². The Hall–Kier alpha value is -2.84. The summed E-state index contributed by atoms with van der Waals surface area (Å²) in [5, 5.41) is 7.44. The normalized spacial score (nSPS) is 24.3. The fraction of sp³-hybridized carbons (Fsp3) is 0.417. The molecule has 0 spiro atoms. The number of ether oxygens (including phenoxy) is 1. The minimum atomic E-state index is -0.158. The number of carbonyl (C=O) groups excluding carboxylic acids is 1. The van der Waals surface area contributed by atoms with Crippen LogP contribution in [-0.2, 0) is 6.42 Å². The van der Waals surface area contributed by atoms with Gasteiger partial charge in [0.2, 0.25) is 0 Å². The van der Waals surface area contributed by atoms with Gasteiger partial charge in [0.1, 0.15) is 22.1 Å². The first-order chi connectivity index (χ1) is 15.5. The molecule has 1 amide bonds. The quantitative estimate of drug-likeness (QED) is 0.569. The Morgan fingerprint density at radius 2 is 2.06 bits per heavy atom. The first kappa shape index (κ1) is 19.8. The second kappa shape index (κ2) is 7.64. The van der Waals surface area contributed by atoms with Crippen LogP contribution in [0.5, 0.6) is 5.75 Å². The van der Waals surface area contributed by atoms with E-state index < -0.39 is 0 Å². The molecule has 2 fully saturated rings. The molecule has 0 saturated carbocycles. The highest BCUT2D eigenvalue weighted by Crippen LogP contribution is 2.36. The number of fused-ring (bicyclic) bond motifs is 3. The van der Waals surface area contributed by atoms with Gasteiger partial charge in [0, 0.05) is 49.0 Å². The number of rotatable bonds is 3. The number of hydrogen-bond donors (Lipinski definition) is 3. The van der Waals surface area contributed by atoms with Crippen LogP contribution in [0.1, 0.15) is 20.9 Å². The average Bonchev–Trinajstić information content (AvgIpc) is 3.47. The molecule has 0 bridgehead atoms. The van der Waals surface area contributed by atoms with Crippen molar-refractivity contribution < 1.29 is 9.53 Å². The topological polar surface area (TPSA) is 92.5 Å². The van der Waals surface area contributed by atoms with Gasteiger partial charge in [0.15, 0.2) is 0 Å². The SMILES string of the molecule is Cc1ccc2c(N)c(C(=O)N[C@H]3COc4cc(N5CC6CNC[C@@H]6C5)ccc4C3)sc2n1. The van der Waals surface area contributed by atoms with Crippen molar-refractivity contribution in [3.63, 3.8) is 0 Å². The zero-order valence-corrected chi connectivity index (χ0v) is 18.9. The molecule has 5 heterocycles. The van der Waals surface area contributed by atoms with Gasteiger partial charge in [-0.25, -0.2) is 4.98 Å². The van der Waals surface area contributed by atoms with E-state index in [-0.39, 0.29) is 11.9 Å². The van der Waals surface area contributed by atoms with Crippen molar-refractivity contribution in [1.82, 2.24) is 15.6 Å². The molecule has 2 aromatic heterocycles. The van der Waals surface area contributed by atoms with Crippen LogP contribution in [0.2, 0.25) is 0 Å². The van der Waals surface area contributed by atoms with Crippen LogP contribution in [0.4, 0.5) is 11.4 Å². The van der Waals surface area contributed by atoms with E-state index in [0.717, 1.165) is 71.7 Å². The summed E-state index contributed by atoms with van der Waals surface area (Å²) >= 11 is 1.34. The van der Waals surface area contributed by atoms with Gasteiger partial charge in [-0.3, -0.25) is 4.79 Å². The third-order valence-electron chi connectivity index (χ3n) is 6.99. The second-order valence-corrected chi connectivity index (χ2v) is 10.2. The molecule has 3 aromatic rings. The Morgan fingerprint density at radius 3 is 2.88 bits per heavy atom. The molecular formula is C24H27N5O2S. The highest BCUT2D eigenvalue weighted by Gasteiger charge is 2.36. The van der Waals surface area contributed by atoms with E-state index >= 15 is 0 Å². The highest BCUT2D eigenvalue weighted by atomic mass is 32.1. The Labute approximate surface area is 191 Å². The van der Waals surface area contributed by atoms with Crippen molar-refractivity contribution in [1.29, 1.82) is 0 Å². The number of nitrogens with one attached hydrogen (secondary N) is 2. The second-order valence-electron chi connectivity index (χ2n) is 9.21. The Morgan fingerprint density at radius 1 is 1.25 bits per heavy atom. The number of nitrogens with two attached hydrogens (primary N) is 1. The summed E-state index contributed by atoms with van der Waals surface area (Å²) in [6.45, 7) is 6.87. The van der Waals surface area contributed by atoms with Crippen LogP contribution in [0, 0.1) is 18.8 Å². The van der Waals surface area contributed by atoms with Crippen LogP contribution in [0.25, 0.3) is 10.2 Å². The molecule has 6 rings (SSSR count). The fourth-order valence-corrected chi connectivity index (χ4v) is 6.27. The molecule has 2 saturated heterocycles. The molecule has 0 radical (unpaired) electrons. The predicted molar refractivity (Wildman–Crippen MR) is 128 cm³/mol. The van der Waals surface area contributed by atoms with Crippen molar-refractivity contribution in [2.24, 2.45) is 11.8 Å². The summed E-state index contributed by atoms with van der Waals surface area (Å²) in [5.74, 6) is 2.29. The summed E-state index contributed by atoms with van der Waals surface area (Å²) in [7, 11) is 0. The van der Waals surface area contributed by atoms with Gasteiger partial charge in [0.05, 0.1) is 11.7 Å². The van der Waals surface area contributed by atoms with E-state index in [1.54, 1.807) is 0 Å². The number of carbonyl (C=O) groups is 1. The lowest BCUT2D eigenvalue weighted by Gasteiger charge is -2.28. The van der Waals surface area contributed by atoms with Crippen LogP contribution in [0.15, 0.2) is 30.3 Å². The molecule has 1 unspecified atom stereocenters. The first-order valence-electron chi connectivity index (χ1n) is 11.2. The van der Waals surface area contributed by atoms with Crippen molar-refractivity contribution in [2.45, 2.75) is 19.4 Å². The average molecular weight is 450 g/mol. The van der Waals surface area contributed by atoms with Gasteiger partial charge < -0.3 is 26.0 Å². The number of anilines is 2. The van der Waals surface area contributed by atoms with Gasteiger partial charge >= 0.3 is 0 Å². The Bertz CT molecular complexity index is 1200. The highest BCUT2D eigenvalue weighted by molar-refractivity contribution is 7.21. The molecule has 0 aliphatic carbocycles. The molecular weight excluding hydrogens is 422 g/mol. The molecule has 166 valence electrons. The van der Waals surface area contributed by atoms with Crippen molar-refractivity contribution in [3.8, 4) is 5.75 Å². The maximum Gasteiger partial charge on any atom is 0.263 e. The van der Waals surface area contributed by atoms with Crippen LogP contribution in [-0.4, -0.2) is 49.7 Å². The Kier molecular flexibility index (Phi) is 4.73. The van der Waals surface area contributed by atoms with E-state index in [2.05, 4.69) is 38.7 Å². The van der Waals surface area contributed by atoms with E-state index in [0.29, 0.717) is 17.2 Å². The maximum atomic E-state index is 12.9. The van der Waals surface area contributed by atoms with E-state index in [9.17, 15) is 4.79 Å². The van der Waals surface area contributed by atoms with Gasteiger partial charge in [-0.05, 0) is 48.9 Å². The number of amides is 1. The zero-order chi connectivity index (χ0) is 21.8. The van der Waals surface area contributed by atoms with Crippen LogP contribution in [0.3, 0.4) is 0 Å². The minimum absolute atomic E-state index is 0.0858. The third kappa shape index (κ3) is 3.38. The van der Waals surface area contributed by atoms with E-state index in [1.165, 1.54) is 17.0 Å². The number of nitrogen functional groups attached to an aromatic ring is 1. The molecule has 3 aliphatic rings. The smallest absolute Gasteiger partial charge is 0.263 e. The lowest BCUT2D eigenvalue weighted by Crippen LogP contribution is -2.42. The first-order valence-corrected chi connectivity index (χ1v) is 12.0. The Balaban J connectivity index is 1.15. The van der Waals surface area contributed by atoms with Crippen molar-refractivity contribution >= 4 is 38.8 Å². The summed E-state index contributed by atoms with van der Waals surface area (Å²) in [6.07, 6.45) is 0.749.